The van der Waals surface area contributed by atoms with E-state index in [1.807, 2.05) is 12.1 Å². The molecule has 2 amide bonds. The number of hydrogen-bond acceptors (Lipinski definition) is 3. The lowest BCUT2D eigenvalue weighted by atomic mass is 10.2. The molecule has 108 valence electrons. The molecule has 0 fully saturated rings. The molecule has 0 atom stereocenters. The van der Waals surface area contributed by atoms with E-state index in [0.29, 0.717) is 5.69 Å². The molecule has 2 rings (SSSR count). The Hall–Kier alpha value is -2.29. The number of benzene rings is 2. The Morgan fingerprint density at radius 3 is 2.24 bits per heavy atom. The summed E-state index contributed by atoms with van der Waals surface area (Å²) in [6.07, 6.45) is 0. The van der Waals surface area contributed by atoms with Gasteiger partial charge >= 0.3 is 12.0 Å². The molecule has 0 saturated heterocycles. The summed E-state index contributed by atoms with van der Waals surface area (Å²) in [6.45, 7) is 0. The normalized spacial score (nSPS) is 9.95. The van der Waals surface area contributed by atoms with Crippen LogP contribution in [0.3, 0.4) is 0 Å². The summed E-state index contributed by atoms with van der Waals surface area (Å²) in [6, 6.07) is 10.3. The zero-order valence-electron chi connectivity index (χ0n) is 10.6. The van der Waals surface area contributed by atoms with Crippen LogP contribution in [0.25, 0.3) is 0 Å². The molecule has 0 heterocycles. The van der Waals surface area contributed by atoms with Crippen molar-refractivity contribution in [2.45, 2.75) is 0 Å². The van der Waals surface area contributed by atoms with Crippen molar-refractivity contribution in [2.75, 3.05) is 10.6 Å². The quantitative estimate of drug-likeness (QED) is 0.471. The Kier molecular flexibility index (Phi) is 4.63. The molecular formula is C14H11IN2O4. The number of carboxylic acids is 1. The number of anilines is 2. The lowest BCUT2D eigenvalue weighted by Gasteiger charge is -2.09. The predicted molar refractivity (Wildman–Crippen MR) is 86.9 cm³/mol. The summed E-state index contributed by atoms with van der Waals surface area (Å²) < 4.78 is 1.04. The van der Waals surface area contributed by atoms with E-state index in [4.69, 9.17) is 5.11 Å². The lowest BCUT2D eigenvalue weighted by molar-refractivity contribution is 0.0696. The van der Waals surface area contributed by atoms with E-state index in [0.717, 1.165) is 9.64 Å². The maximum absolute atomic E-state index is 11.8. The molecule has 21 heavy (non-hydrogen) atoms. The fourth-order valence-electron chi connectivity index (χ4n) is 1.59. The zero-order valence-corrected chi connectivity index (χ0v) is 12.8. The number of amides is 2. The van der Waals surface area contributed by atoms with E-state index in [9.17, 15) is 14.7 Å². The van der Waals surface area contributed by atoms with E-state index in [-0.39, 0.29) is 17.0 Å². The summed E-state index contributed by atoms with van der Waals surface area (Å²) in [5, 5.41) is 23.5. The van der Waals surface area contributed by atoms with Gasteiger partial charge in [0.2, 0.25) is 0 Å². The first-order valence-corrected chi connectivity index (χ1v) is 6.93. The fraction of sp³-hybridized carbons (Fsp3) is 0. The van der Waals surface area contributed by atoms with Gasteiger partial charge in [0.15, 0.2) is 0 Å². The minimum Gasteiger partial charge on any atom is -0.506 e. The standard InChI is InChI=1S/C14H11IN2O4/c15-9-2-4-10(5-3-9)16-14(21)17-11-6-1-8(13(19)20)7-12(11)18/h1-7,18H,(H,19,20)(H2,16,17,21). The van der Waals surface area contributed by atoms with Gasteiger partial charge in [0, 0.05) is 9.26 Å². The molecule has 0 aliphatic rings. The molecule has 0 spiro atoms. The van der Waals surface area contributed by atoms with Gasteiger partial charge in [0.05, 0.1) is 11.3 Å². The molecular weight excluding hydrogens is 387 g/mol. The number of halogens is 1. The van der Waals surface area contributed by atoms with E-state index in [2.05, 4.69) is 33.2 Å². The molecule has 0 bridgehead atoms. The Morgan fingerprint density at radius 2 is 1.67 bits per heavy atom. The van der Waals surface area contributed by atoms with Crippen molar-refractivity contribution < 1.29 is 19.8 Å². The second-order valence-corrected chi connectivity index (χ2v) is 5.37. The average Bonchev–Trinajstić information content (AvgIpc) is 2.43. The van der Waals surface area contributed by atoms with Gasteiger partial charge < -0.3 is 20.8 Å². The van der Waals surface area contributed by atoms with Gasteiger partial charge in [-0.2, -0.15) is 0 Å². The number of phenols is 1. The molecule has 2 aromatic carbocycles. The fourth-order valence-corrected chi connectivity index (χ4v) is 1.95. The number of urea groups is 1. The van der Waals surface area contributed by atoms with Gasteiger partial charge in [-0.3, -0.25) is 0 Å². The van der Waals surface area contributed by atoms with Crippen molar-refractivity contribution in [3.05, 3.63) is 51.6 Å². The molecule has 6 nitrogen and oxygen atoms in total. The number of carbonyl (C=O) groups is 2. The minimum absolute atomic E-state index is 0.0592. The molecule has 0 unspecified atom stereocenters. The number of aromatic hydroxyl groups is 1. The molecule has 0 aliphatic heterocycles. The summed E-state index contributed by atoms with van der Waals surface area (Å²) in [5.41, 5.74) is 0.675. The summed E-state index contributed by atoms with van der Waals surface area (Å²) >= 11 is 2.15. The van der Waals surface area contributed by atoms with Gasteiger partial charge in [-0.05, 0) is 65.1 Å². The summed E-state index contributed by atoms with van der Waals surface area (Å²) in [7, 11) is 0. The topological polar surface area (TPSA) is 98.7 Å². The lowest BCUT2D eigenvalue weighted by Crippen LogP contribution is -2.19. The molecule has 4 N–H and O–H groups in total. The van der Waals surface area contributed by atoms with E-state index in [1.165, 1.54) is 12.1 Å². The van der Waals surface area contributed by atoms with Crippen molar-refractivity contribution in [2.24, 2.45) is 0 Å². The monoisotopic (exact) mass is 398 g/mol. The van der Waals surface area contributed by atoms with Gasteiger partial charge in [0.1, 0.15) is 5.75 Å². The highest BCUT2D eigenvalue weighted by atomic mass is 127. The largest absolute Gasteiger partial charge is 0.506 e. The van der Waals surface area contributed by atoms with Crippen molar-refractivity contribution in [1.82, 2.24) is 0 Å². The number of nitrogens with one attached hydrogen (secondary N) is 2. The molecule has 7 heteroatoms. The third-order valence-corrected chi connectivity index (χ3v) is 3.31. The first-order valence-electron chi connectivity index (χ1n) is 5.85. The summed E-state index contributed by atoms with van der Waals surface area (Å²) in [4.78, 5) is 22.5. The highest BCUT2D eigenvalue weighted by Gasteiger charge is 2.10. The average molecular weight is 398 g/mol. The smallest absolute Gasteiger partial charge is 0.335 e. The van der Waals surface area contributed by atoms with Crippen LogP contribution in [0.4, 0.5) is 16.2 Å². The van der Waals surface area contributed by atoms with Crippen molar-refractivity contribution >= 4 is 46.0 Å². The number of carboxylic acid groups (broad SMARTS) is 1. The van der Waals surface area contributed by atoms with Crippen LogP contribution in [0.1, 0.15) is 10.4 Å². The van der Waals surface area contributed by atoms with Gasteiger partial charge in [-0.25, -0.2) is 9.59 Å². The number of aromatic carboxylic acids is 1. The van der Waals surface area contributed by atoms with Crippen LogP contribution in [0.5, 0.6) is 5.75 Å². The first kappa shape index (κ1) is 15.1. The second kappa shape index (κ2) is 6.44. The molecule has 0 saturated carbocycles. The van der Waals surface area contributed by atoms with Gasteiger partial charge in [-0.15, -0.1) is 0 Å². The summed E-state index contributed by atoms with van der Waals surface area (Å²) in [5.74, 6) is -1.46. The second-order valence-electron chi connectivity index (χ2n) is 4.12. The number of rotatable bonds is 3. The Labute approximate surface area is 133 Å². The third-order valence-electron chi connectivity index (χ3n) is 2.59. The number of phenolic OH excluding ortho intramolecular Hbond substituents is 1. The Bertz CT molecular complexity index is 686. The SMILES string of the molecule is O=C(Nc1ccc(I)cc1)Nc1ccc(C(=O)O)cc1O. The van der Waals surface area contributed by atoms with Crippen LogP contribution in [0.2, 0.25) is 0 Å². The van der Waals surface area contributed by atoms with Crippen LogP contribution < -0.4 is 10.6 Å². The minimum atomic E-state index is -1.15. The van der Waals surface area contributed by atoms with Gasteiger partial charge in [-0.1, -0.05) is 0 Å². The van der Waals surface area contributed by atoms with E-state index < -0.39 is 12.0 Å². The van der Waals surface area contributed by atoms with E-state index in [1.54, 1.807) is 12.1 Å². The first-order chi connectivity index (χ1) is 9.95. The Morgan fingerprint density at radius 1 is 1.00 bits per heavy atom. The maximum atomic E-state index is 11.8. The van der Waals surface area contributed by atoms with Crippen LogP contribution >= 0.6 is 22.6 Å². The highest BCUT2D eigenvalue weighted by molar-refractivity contribution is 14.1. The number of carbonyl (C=O) groups excluding carboxylic acids is 1. The van der Waals surface area contributed by atoms with Crippen molar-refractivity contribution in [3.63, 3.8) is 0 Å². The molecule has 2 aromatic rings. The van der Waals surface area contributed by atoms with E-state index >= 15 is 0 Å². The predicted octanol–water partition coefficient (Wildman–Crippen LogP) is 3.34. The van der Waals surface area contributed by atoms with Crippen LogP contribution in [-0.4, -0.2) is 22.2 Å². The zero-order chi connectivity index (χ0) is 15.4. The number of hydrogen-bond donors (Lipinski definition) is 4. The Balaban J connectivity index is 2.06. The molecule has 0 aliphatic carbocycles. The van der Waals surface area contributed by atoms with Crippen molar-refractivity contribution in [1.29, 1.82) is 0 Å². The van der Waals surface area contributed by atoms with Crippen LogP contribution in [0.15, 0.2) is 42.5 Å². The molecule has 0 aromatic heterocycles. The third kappa shape index (κ3) is 4.09. The van der Waals surface area contributed by atoms with Crippen molar-refractivity contribution in [3.8, 4) is 5.75 Å². The molecule has 0 radical (unpaired) electrons. The van der Waals surface area contributed by atoms with Crippen LogP contribution in [0, 0.1) is 3.57 Å². The van der Waals surface area contributed by atoms with Gasteiger partial charge in [0.25, 0.3) is 0 Å². The highest BCUT2D eigenvalue weighted by Crippen LogP contribution is 2.24. The van der Waals surface area contributed by atoms with Crippen LogP contribution in [-0.2, 0) is 0 Å². The maximum Gasteiger partial charge on any atom is 0.335 e.